The Morgan fingerprint density at radius 1 is 0.906 bits per heavy atom. The summed E-state index contributed by atoms with van der Waals surface area (Å²) in [5, 5.41) is 1.06. The van der Waals surface area contributed by atoms with Gasteiger partial charge in [-0.3, -0.25) is 9.78 Å². The van der Waals surface area contributed by atoms with Crippen LogP contribution in [0.15, 0.2) is 97.2 Å². The fourth-order valence-electron chi connectivity index (χ4n) is 4.50. The SMILES string of the molecule is O=C(CC(c1ccccc1)c1ccccc1)N1CCC(Oc2cccc3cccnc23)C1. The first-order valence-electron chi connectivity index (χ1n) is 11.2. The molecule has 1 aliphatic rings. The summed E-state index contributed by atoms with van der Waals surface area (Å²) >= 11 is 0. The lowest BCUT2D eigenvalue weighted by molar-refractivity contribution is -0.130. The zero-order chi connectivity index (χ0) is 21.8. The van der Waals surface area contributed by atoms with Crippen LogP contribution in [-0.2, 0) is 4.79 Å². The first kappa shape index (κ1) is 20.3. The van der Waals surface area contributed by atoms with Crippen LogP contribution >= 0.6 is 0 Å². The van der Waals surface area contributed by atoms with Gasteiger partial charge in [0.25, 0.3) is 0 Å². The van der Waals surface area contributed by atoms with Crippen LogP contribution in [0.5, 0.6) is 5.75 Å². The molecule has 1 saturated heterocycles. The second-order valence-electron chi connectivity index (χ2n) is 8.28. The highest BCUT2D eigenvalue weighted by Gasteiger charge is 2.30. The van der Waals surface area contributed by atoms with Gasteiger partial charge < -0.3 is 9.64 Å². The van der Waals surface area contributed by atoms with Crippen LogP contribution in [0.2, 0.25) is 0 Å². The summed E-state index contributed by atoms with van der Waals surface area (Å²) in [5.74, 6) is 1.01. The van der Waals surface area contributed by atoms with Crippen molar-refractivity contribution >= 4 is 16.8 Å². The molecule has 4 aromatic rings. The van der Waals surface area contributed by atoms with E-state index in [0.29, 0.717) is 13.0 Å². The lowest BCUT2D eigenvalue weighted by atomic mass is 9.88. The molecule has 32 heavy (non-hydrogen) atoms. The molecule has 4 heteroatoms. The molecule has 1 fully saturated rings. The van der Waals surface area contributed by atoms with Gasteiger partial charge in [0.05, 0.1) is 6.54 Å². The van der Waals surface area contributed by atoms with Crippen LogP contribution < -0.4 is 4.74 Å². The van der Waals surface area contributed by atoms with Gasteiger partial charge in [0.1, 0.15) is 17.4 Å². The van der Waals surface area contributed by atoms with Crippen molar-refractivity contribution in [3.05, 3.63) is 108 Å². The number of hydrogen-bond acceptors (Lipinski definition) is 3. The molecular formula is C28H26N2O2. The number of aromatic nitrogens is 1. The van der Waals surface area contributed by atoms with Crippen molar-refractivity contribution in [1.82, 2.24) is 9.88 Å². The Labute approximate surface area is 188 Å². The summed E-state index contributed by atoms with van der Waals surface area (Å²) in [5.41, 5.74) is 3.20. The van der Waals surface area contributed by atoms with Crippen molar-refractivity contribution in [3.63, 3.8) is 0 Å². The summed E-state index contributed by atoms with van der Waals surface area (Å²) in [7, 11) is 0. The molecule has 1 unspecified atom stereocenters. The van der Waals surface area contributed by atoms with Gasteiger partial charge in [-0.1, -0.05) is 78.9 Å². The molecule has 3 aromatic carbocycles. The fraction of sp³-hybridized carbons (Fsp3) is 0.214. The van der Waals surface area contributed by atoms with Gasteiger partial charge in [0.15, 0.2) is 0 Å². The van der Waals surface area contributed by atoms with E-state index in [9.17, 15) is 4.79 Å². The van der Waals surface area contributed by atoms with Crippen molar-refractivity contribution in [2.75, 3.05) is 13.1 Å². The number of rotatable bonds is 6. The maximum atomic E-state index is 13.3. The molecule has 0 saturated carbocycles. The zero-order valence-electron chi connectivity index (χ0n) is 17.9. The monoisotopic (exact) mass is 422 g/mol. The van der Waals surface area contributed by atoms with E-state index in [4.69, 9.17) is 4.74 Å². The van der Waals surface area contributed by atoms with Gasteiger partial charge in [0, 0.05) is 36.9 Å². The van der Waals surface area contributed by atoms with E-state index in [0.717, 1.165) is 29.6 Å². The third-order valence-electron chi connectivity index (χ3n) is 6.17. The maximum Gasteiger partial charge on any atom is 0.223 e. The average molecular weight is 423 g/mol. The third kappa shape index (κ3) is 4.35. The predicted octanol–water partition coefficient (Wildman–Crippen LogP) is 5.44. The number of benzene rings is 3. The second kappa shape index (κ2) is 9.23. The Morgan fingerprint density at radius 2 is 1.59 bits per heavy atom. The molecule has 0 radical (unpaired) electrons. The number of carbonyl (C=O) groups excluding carboxylic acids is 1. The zero-order valence-corrected chi connectivity index (χ0v) is 17.9. The minimum absolute atomic E-state index is 0.0153. The molecule has 1 aliphatic heterocycles. The van der Waals surface area contributed by atoms with Crippen LogP contribution in [0.3, 0.4) is 0 Å². The van der Waals surface area contributed by atoms with Crippen LogP contribution in [0, 0.1) is 0 Å². The van der Waals surface area contributed by atoms with Gasteiger partial charge in [-0.05, 0) is 23.3 Å². The van der Waals surface area contributed by atoms with E-state index >= 15 is 0 Å². The van der Waals surface area contributed by atoms with E-state index in [1.165, 1.54) is 11.1 Å². The van der Waals surface area contributed by atoms with E-state index in [-0.39, 0.29) is 17.9 Å². The lowest BCUT2D eigenvalue weighted by Gasteiger charge is -2.22. The molecule has 5 rings (SSSR count). The number of para-hydroxylation sites is 1. The Bertz CT molecular complexity index is 1150. The van der Waals surface area contributed by atoms with E-state index in [1.54, 1.807) is 6.20 Å². The number of likely N-dealkylation sites (tertiary alicyclic amines) is 1. The number of nitrogens with zero attached hydrogens (tertiary/aromatic N) is 2. The Balaban J connectivity index is 1.29. The van der Waals surface area contributed by atoms with Crippen molar-refractivity contribution in [2.24, 2.45) is 0 Å². The third-order valence-corrected chi connectivity index (χ3v) is 6.17. The summed E-state index contributed by atoms with van der Waals surface area (Å²) in [6.45, 7) is 1.33. The minimum atomic E-state index is -0.0153. The average Bonchev–Trinajstić information content (AvgIpc) is 3.32. The van der Waals surface area contributed by atoms with Crippen molar-refractivity contribution in [1.29, 1.82) is 0 Å². The first-order valence-corrected chi connectivity index (χ1v) is 11.2. The van der Waals surface area contributed by atoms with Gasteiger partial charge in [0.2, 0.25) is 5.91 Å². The molecule has 1 amide bonds. The number of ether oxygens (including phenoxy) is 1. The Hall–Kier alpha value is -3.66. The van der Waals surface area contributed by atoms with E-state index in [2.05, 4.69) is 29.2 Å². The largest absolute Gasteiger partial charge is 0.486 e. The standard InChI is InChI=1S/C28H26N2O2/c31-27(19-25(21-9-3-1-4-10-21)22-11-5-2-6-12-22)30-18-16-24(20-30)32-26-15-7-13-23-14-8-17-29-28(23)26/h1-15,17,24-25H,16,18-20H2. The molecule has 2 heterocycles. The lowest BCUT2D eigenvalue weighted by Crippen LogP contribution is -2.32. The van der Waals surface area contributed by atoms with Crippen LogP contribution in [0.1, 0.15) is 29.9 Å². The fourth-order valence-corrected chi connectivity index (χ4v) is 4.50. The highest BCUT2D eigenvalue weighted by Crippen LogP contribution is 2.30. The molecule has 0 spiro atoms. The smallest absolute Gasteiger partial charge is 0.223 e. The van der Waals surface area contributed by atoms with Gasteiger partial charge in [-0.2, -0.15) is 0 Å². The van der Waals surface area contributed by atoms with Gasteiger partial charge >= 0.3 is 0 Å². The topological polar surface area (TPSA) is 42.4 Å². The normalized spacial score (nSPS) is 15.9. The summed E-state index contributed by atoms with van der Waals surface area (Å²) < 4.78 is 6.29. The maximum absolute atomic E-state index is 13.3. The van der Waals surface area contributed by atoms with Crippen molar-refractivity contribution in [3.8, 4) is 5.75 Å². The second-order valence-corrected chi connectivity index (χ2v) is 8.28. The highest BCUT2D eigenvalue weighted by molar-refractivity contribution is 5.84. The quantitative estimate of drug-likeness (QED) is 0.416. The molecule has 1 aromatic heterocycles. The summed E-state index contributed by atoms with van der Waals surface area (Å²) in [4.78, 5) is 19.7. The predicted molar refractivity (Wildman–Crippen MR) is 127 cm³/mol. The van der Waals surface area contributed by atoms with Crippen LogP contribution in [0.4, 0.5) is 0 Å². The molecular weight excluding hydrogens is 396 g/mol. The molecule has 4 nitrogen and oxygen atoms in total. The highest BCUT2D eigenvalue weighted by atomic mass is 16.5. The molecule has 160 valence electrons. The molecule has 0 N–H and O–H groups in total. The molecule has 0 aliphatic carbocycles. The van der Waals surface area contributed by atoms with Gasteiger partial charge in [-0.15, -0.1) is 0 Å². The minimum Gasteiger partial charge on any atom is -0.486 e. The Morgan fingerprint density at radius 3 is 2.31 bits per heavy atom. The van der Waals surface area contributed by atoms with E-state index < -0.39 is 0 Å². The van der Waals surface area contributed by atoms with Gasteiger partial charge in [-0.25, -0.2) is 0 Å². The molecule has 1 atom stereocenters. The van der Waals surface area contributed by atoms with E-state index in [1.807, 2.05) is 71.6 Å². The first-order chi connectivity index (χ1) is 15.8. The molecule has 0 bridgehead atoms. The number of hydrogen-bond donors (Lipinski definition) is 0. The van der Waals surface area contributed by atoms with Crippen molar-refractivity contribution < 1.29 is 9.53 Å². The number of fused-ring (bicyclic) bond motifs is 1. The van der Waals surface area contributed by atoms with Crippen molar-refractivity contribution in [2.45, 2.75) is 24.9 Å². The Kier molecular flexibility index (Phi) is 5.84. The number of amides is 1. The number of pyridine rings is 1. The summed E-state index contributed by atoms with van der Waals surface area (Å²) in [6.07, 6.45) is 3.05. The van der Waals surface area contributed by atoms with Crippen LogP contribution in [0.25, 0.3) is 10.9 Å². The summed E-state index contributed by atoms with van der Waals surface area (Å²) in [6, 6.07) is 30.5. The van der Waals surface area contributed by atoms with Crippen LogP contribution in [-0.4, -0.2) is 35.0 Å². The number of carbonyl (C=O) groups is 1.